The minimum Gasteiger partial charge on any atom is -0.481 e. The molecule has 9 heteroatoms. The smallest absolute Gasteiger partial charge is 0.481 e. The number of rotatable bonds is 7. The summed E-state index contributed by atoms with van der Waals surface area (Å²) in [7, 11) is -5.41. The average Bonchev–Trinajstić information content (AvgIpc) is 2.10. The number of aliphatic carboxylic acids is 1. The Bertz CT molecular complexity index is 378. The van der Waals surface area contributed by atoms with Crippen molar-refractivity contribution in [3.8, 4) is 0 Å². The first-order valence-corrected chi connectivity index (χ1v) is 6.71. The van der Waals surface area contributed by atoms with Crippen molar-refractivity contribution >= 4 is 16.0 Å². The molecule has 1 unspecified atom stereocenters. The molecule has 0 heterocycles. The molecule has 0 aromatic heterocycles. The van der Waals surface area contributed by atoms with Crippen LogP contribution in [0.5, 0.6) is 0 Å². The van der Waals surface area contributed by atoms with E-state index in [9.17, 15) is 26.4 Å². The standard InChI is InChI=1S/C9H16F3NO4S/c1-6(2)3-7(4-8(14)15)5-13-18(16,17)9(10,11)12/h6-7,13H,3-5H2,1-2H3,(H,14,15). The van der Waals surface area contributed by atoms with Crippen molar-refractivity contribution in [3.05, 3.63) is 0 Å². The molecular formula is C9H16F3NO4S. The zero-order chi connectivity index (χ0) is 14.6. The number of hydrogen-bond acceptors (Lipinski definition) is 3. The second-order valence-electron chi connectivity index (χ2n) is 4.39. The summed E-state index contributed by atoms with van der Waals surface area (Å²) < 4.78 is 59.0. The van der Waals surface area contributed by atoms with Crippen LogP contribution in [0.25, 0.3) is 0 Å². The molecule has 0 saturated heterocycles. The molecule has 0 aliphatic heterocycles. The van der Waals surface area contributed by atoms with Gasteiger partial charge in [0.25, 0.3) is 0 Å². The summed E-state index contributed by atoms with van der Waals surface area (Å²) in [5.74, 6) is -1.78. The Labute approximate surface area is 103 Å². The molecule has 5 nitrogen and oxygen atoms in total. The normalized spacial score (nSPS) is 14.8. The molecule has 0 aliphatic rings. The first kappa shape index (κ1) is 17.2. The second-order valence-corrected chi connectivity index (χ2v) is 6.15. The lowest BCUT2D eigenvalue weighted by Crippen LogP contribution is -2.39. The largest absolute Gasteiger partial charge is 0.511 e. The van der Waals surface area contributed by atoms with Gasteiger partial charge in [-0.15, -0.1) is 0 Å². The minimum atomic E-state index is -5.41. The molecule has 0 aliphatic carbocycles. The van der Waals surface area contributed by atoms with Gasteiger partial charge in [0.05, 0.1) is 0 Å². The SMILES string of the molecule is CC(C)CC(CNS(=O)(=O)C(F)(F)F)CC(=O)O. The number of halogens is 3. The third-order valence-electron chi connectivity index (χ3n) is 2.13. The summed E-state index contributed by atoms with van der Waals surface area (Å²) in [4.78, 5) is 10.5. The molecule has 0 spiro atoms. The second kappa shape index (κ2) is 6.37. The maximum Gasteiger partial charge on any atom is 0.511 e. The highest BCUT2D eigenvalue weighted by molar-refractivity contribution is 7.90. The summed E-state index contributed by atoms with van der Waals surface area (Å²) in [6, 6.07) is 0. The number of nitrogens with one attached hydrogen (secondary N) is 1. The number of carbonyl (C=O) groups is 1. The van der Waals surface area contributed by atoms with E-state index in [1.807, 2.05) is 0 Å². The fourth-order valence-corrected chi connectivity index (χ4v) is 2.08. The van der Waals surface area contributed by atoms with Gasteiger partial charge in [0, 0.05) is 13.0 Å². The van der Waals surface area contributed by atoms with Crippen LogP contribution in [-0.2, 0) is 14.8 Å². The lowest BCUT2D eigenvalue weighted by Gasteiger charge is -2.18. The molecule has 1 atom stereocenters. The predicted molar refractivity (Wildman–Crippen MR) is 58.2 cm³/mol. The Hall–Kier alpha value is -0.830. The van der Waals surface area contributed by atoms with Gasteiger partial charge in [-0.2, -0.15) is 13.2 Å². The summed E-state index contributed by atoms with van der Waals surface area (Å²) in [5.41, 5.74) is -5.38. The van der Waals surface area contributed by atoms with Gasteiger partial charge in [0.1, 0.15) is 0 Å². The molecule has 108 valence electrons. The van der Waals surface area contributed by atoms with Gasteiger partial charge < -0.3 is 5.11 Å². The van der Waals surface area contributed by atoms with Crippen LogP contribution in [0.3, 0.4) is 0 Å². The van der Waals surface area contributed by atoms with Crippen molar-refractivity contribution in [1.82, 2.24) is 4.72 Å². The van der Waals surface area contributed by atoms with Crippen molar-refractivity contribution < 1.29 is 31.5 Å². The van der Waals surface area contributed by atoms with Crippen LogP contribution >= 0.6 is 0 Å². The predicted octanol–water partition coefficient (Wildman–Crippen LogP) is 1.56. The van der Waals surface area contributed by atoms with E-state index in [1.165, 1.54) is 4.72 Å². The number of alkyl halides is 3. The van der Waals surface area contributed by atoms with Gasteiger partial charge in [-0.05, 0) is 18.3 Å². The van der Waals surface area contributed by atoms with Crippen molar-refractivity contribution in [2.24, 2.45) is 11.8 Å². The van der Waals surface area contributed by atoms with Crippen molar-refractivity contribution in [2.45, 2.75) is 32.2 Å². The van der Waals surface area contributed by atoms with E-state index < -0.39 is 34.0 Å². The van der Waals surface area contributed by atoms with Crippen LogP contribution in [0.4, 0.5) is 13.2 Å². The highest BCUT2D eigenvalue weighted by atomic mass is 32.2. The maximum atomic E-state index is 12.0. The number of sulfonamides is 1. The van der Waals surface area contributed by atoms with Crippen molar-refractivity contribution in [1.29, 1.82) is 0 Å². The van der Waals surface area contributed by atoms with E-state index in [0.717, 1.165) is 0 Å². The fraction of sp³-hybridized carbons (Fsp3) is 0.889. The van der Waals surface area contributed by atoms with Gasteiger partial charge in [0.2, 0.25) is 0 Å². The zero-order valence-corrected chi connectivity index (χ0v) is 10.8. The molecule has 0 aromatic rings. The Morgan fingerprint density at radius 1 is 1.33 bits per heavy atom. The van der Waals surface area contributed by atoms with Gasteiger partial charge in [-0.1, -0.05) is 13.8 Å². The van der Waals surface area contributed by atoms with E-state index in [1.54, 1.807) is 13.8 Å². The molecule has 0 fully saturated rings. The first-order valence-electron chi connectivity index (χ1n) is 5.23. The molecule has 0 saturated carbocycles. The number of carboxylic acids is 1. The molecule has 2 N–H and O–H groups in total. The third kappa shape index (κ3) is 6.20. The van der Waals surface area contributed by atoms with E-state index in [2.05, 4.69) is 0 Å². The quantitative estimate of drug-likeness (QED) is 0.745. The molecule has 0 bridgehead atoms. The maximum absolute atomic E-state index is 12.0. The van der Waals surface area contributed by atoms with Crippen molar-refractivity contribution in [2.75, 3.05) is 6.54 Å². The molecular weight excluding hydrogens is 275 g/mol. The van der Waals surface area contributed by atoms with Crippen LogP contribution in [0.15, 0.2) is 0 Å². The van der Waals surface area contributed by atoms with E-state index in [-0.39, 0.29) is 12.3 Å². The van der Waals surface area contributed by atoms with Crippen LogP contribution < -0.4 is 4.72 Å². The Kier molecular flexibility index (Phi) is 6.08. The highest BCUT2D eigenvalue weighted by Crippen LogP contribution is 2.22. The molecule has 0 aromatic carbocycles. The Morgan fingerprint density at radius 2 is 1.83 bits per heavy atom. The van der Waals surface area contributed by atoms with E-state index >= 15 is 0 Å². The van der Waals surface area contributed by atoms with E-state index in [4.69, 9.17) is 5.11 Å². The van der Waals surface area contributed by atoms with Crippen molar-refractivity contribution in [3.63, 3.8) is 0 Å². The molecule has 18 heavy (non-hydrogen) atoms. The lowest BCUT2D eigenvalue weighted by atomic mass is 9.94. The van der Waals surface area contributed by atoms with Gasteiger partial charge in [-0.25, -0.2) is 13.1 Å². The van der Waals surface area contributed by atoms with Gasteiger partial charge in [-0.3, -0.25) is 4.79 Å². The molecule has 0 rings (SSSR count). The monoisotopic (exact) mass is 291 g/mol. The average molecular weight is 291 g/mol. The third-order valence-corrected chi connectivity index (χ3v) is 3.29. The Morgan fingerprint density at radius 3 is 2.17 bits per heavy atom. The van der Waals surface area contributed by atoms with Crippen LogP contribution in [0, 0.1) is 11.8 Å². The summed E-state index contributed by atoms with van der Waals surface area (Å²) in [5, 5.41) is 8.59. The topological polar surface area (TPSA) is 83.5 Å². The van der Waals surface area contributed by atoms with Gasteiger partial charge in [0.15, 0.2) is 0 Å². The number of hydrogen-bond donors (Lipinski definition) is 2. The Balaban J connectivity index is 4.57. The number of carboxylic acid groups (broad SMARTS) is 1. The van der Waals surface area contributed by atoms with E-state index in [0.29, 0.717) is 6.42 Å². The molecule has 0 radical (unpaired) electrons. The minimum absolute atomic E-state index is 0.0599. The lowest BCUT2D eigenvalue weighted by molar-refractivity contribution is -0.138. The highest BCUT2D eigenvalue weighted by Gasteiger charge is 2.45. The van der Waals surface area contributed by atoms with Crippen LogP contribution in [0.1, 0.15) is 26.7 Å². The molecule has 0 amide bonds. The van der Waals surface area contributed by atoms with Crippen LogP contribution in [0.2, 0.25) is 0 Å². The summed E-state index contributed by atoms with van der Waals surface area (Å²) in [6.45, 7) is 3.01. The zero-order valence-electron chi connectivity index (χ0n) is 9.99. The summed E-state index contributed by atoms with van der Waals surface area (Å²) >= 11 is 0. The van der Waals surface area contributed by atoms with Crippen LogP contribution in [-0.4, -0.2) is 31.5 Å². The summed E-state index contributed by atoms with van der Waals surface area (Å²) in [6.07, 6.45) is -0.0504. The first-order chi connectivity index (χ1) is 7.95. The van der Waals surface area contributed by atoms with Gasteiger partial charge >= 0.3 is 21.5 Å². The fourth-order valence-electron chi connectivity index (χ4n) is 1.46.